The van der Waals surface area contributed by atoms with Crippen molar-refractivity contribution in [2.45, 2.75) is 52.0 Å². The lowest BCUT2D eigenvalue weighted by molar-refractivity contribution is -0.117. The van der Waals surface area contributed by atoms with Crippen molar-refractivity contribution >= 4 is 17.3 Å². The van der Waals surface area contributed by atoms with Crippen molar-refractivity contribution in [2.75, 3.05) is 16.8 Å². The molecule has 0 spiro atoms. The number of amides is 1. The summed E-state index contributed by atoms with van der Waals surface area (Å²) >= 11 is 0. The van der Waals surface area contributed by atoms with Gasteiger partial charge in [-0.1, -0.05) is 26.3 Å². The molecule has 2 aliphatic rings. The Bertz CT molecular complexity index is 514. The summed E-state index contributed by atoms with van der Waals surface area (Å²) in [5.74, 6) is 1.78. The Labute approximate surface area is 127 Å². The van der Waals surface area contributed by atoms with Crippen LogP contribution in [-0.2, 0) is 4.79 Å². The first kappa shape index (κ1) is 14.4. The summed E-state index contributed by atoms with van der Waals surface area (Å²) in [5.41, 5.74) is 2.19. The number of anilines is 2. The van der Waals surface area contributed by atoms with Crippen molar-refractivity contribution in [3.63, 3.8) is 0 Å². The molecule has 0 bridgehead atoms. The van der Waals surface area contributed by atoms with Crippen LogP contribution >= 0.6 is 0 Å². The van der Waals surface area contributed by atoms with Crippen LogP contribution in [0.2, 0.25) is 0 Å². The third kappa shape index (κ3) is 3.22. The molecule has 1 aromatic carbocycles. The lowest BCUT2D eigenvalue weighted by Gasteiger charge is -2.34. The molecule has 1 aromatic rings. The van der Waals surface area contributed by atoms with E-state index in [0.29, 0.717) is 12.5 Å². The molecule has 1 N–H and O–H groups in total. The maximum Gasteiger partial charge on any atom is 0.227 e. The Balaban J connectivity index is 1.72. The molecule has 1 amide bonds. The van der Waals surface area contributed by atoms with Gasteiger partial charge in [0, 0.05) is 30.4 Å². The van der Waals surface area contributed by atoms with Gasteiger partial charge >= 0.3 is 0 Å². The van der Waals surface area contributed by atoms with Crippen LogP contribution in [0.1, 0.15) is 46.0 Å². The van der Waals surface area contributed by atoms with E-state index in [4.69, 9.17) is 0 Å². The highest BCUT2D eigenvalue weighted by atomic mass is 16.2. The van der Waals surface area contributed by atoms with Gasteiger partial charge in [-0.25, -0.2) is 0 Å². The van der Waals surface area contributed by atoms with Crippen molar-refractivity contribution in [1.29, 1.82) is 0 Å². The summed E-state index contributed by atoms with van der Waals surface area (Å²) in [5, 5.41) is 3.70. The Kier molecular flexibility index (Phi) is 4.18. The van der Waals surface area contributed by atoms with Crippen LogP contribution in [0.5, 0.6) is 0 Å². The minimum absolute atomic E-state index is 0.256. The third-order valence-electron chi connectivity index (χ3n) is 5.04. The van der Waals surface area contributed by atoms with Crippen molar-refractivity contribution in [3.05, 3.63) is 24.3 Å². The zero-order valence-electron chi connectivity index (χ0n) is 13.1. The summed E-state index contributed by atoms with van der Waals surface area (Å²) in [6.45, 7) is 5.55. The summed E-state index contributed by atoms with van der Waals surface area (Å²) in [4.78, 5) is 13.8. The fourth-order valence-electron chi connectivity index (χ4n) is 3.63. The van der Waals surface area contributed by atoms with Crippen LogP contribution in [0.3, 0.4) is 0 Å². The highest BCUT2D eigenvalue weighted by molar-refractivity contribution is 5.95. The Morgan fingerprint density at radius 2 is 2.10 bits per heavy atom. The average molecular weight is 286 g/mol. The fraction of sp³-hybridized carbons (Fsp3) is 0.611. The minimum atomic E-state index is 0.256. The second kappa shape index (κ2) is 6.08. The Hall–Kier alpha value is -1.51. The van der Waals surface area contributed by atoms with Gasteiger partial charge in [-0.05, 0) is 49.3 Å². The van der Waals surface area contributed by atoms with Gasteiger partial charge in [0.25, 0.3) is 0 Å². The van der Waals surface area contributed by atoms with Crippen molar-refractivity contribution < 1.29 is 4.79 Å². The van der Waals surface area contributed by atoms with Gasteiger partial charge < -0.3 is 10.2 Å². The smallest absolute Gasteiger partial charge is 0.227 e. The molecule has 21 heavy (non-hydrogen) atoms. The van der Waals surface area contributed by atoms with Crippen LogP contribution in [0, 0.1) is 11.8 Å². The van der Waals surface area contributed by atoms with E-state index in [9.17, 15) is 4.79 Å². The van der Waals surface area contributed by atoms with Crippen LogP contribution in [0.4, 0.5) is 11.4 Å². The average Bonchev–Trinajstić information content (AvgIpc) is 2.89. The monoisotopic (exact) mass is 286 g/mol. The van der Waals surface area contributed by atoms with Gasteiger partial charge in [0.05, 0.1) is 0 Å². The molecule has 2 fully saturated rings. The van der Waals surface area contributed by atoms with Crippen molar-refractivity contribution in [2.24, 2.45) is 11.8 Å². The maximum atomic E-state index is 11.9. The van der Waals surface area contributed by atoms with E-state index in [1.54, 1.807) is 0 Å². The summed E-state index contributed by atoms with van der Waals surface area (Å²) in [7, 11) is 0. The number of carbonyl (C=O) groups excluding carboxylic acids is 1. The third-order valence-corrected chi connectivity index (χ3v) is 5.04. The van der Waals surface area contributed by atoms with Gasteiger partial charge in [-0.2, -0.15) is 0 Å². The quantitative estimate of drug-likeness (QED) is 0.909. The zero-order valence-corrected chi connectivity index (χ0v) is 13.1. The molecule has 3 heteroatoms. The number of nitrogens with one attached hydrogen (secondary N) is 1. The second-order valence-electron chi connectivity index (χ2n) is 6.85. The van der Waals surface area contributed by atoms with Gasteiger partial charge in [0.2, 0.25) is 5.91 Å². The normalized spacial score (nSPS) is 29.7. The van der Waals surface area contributed by atoms with E-state index in [1.165, 1.54) is 19.3 Å². The van der Waals surface area contributed by atoms with Crippen LogP contribution in [0.25, 0.3) is 0 Å². The number of nitrogens with zero attached hydrogens (tertiary/aromatic N) is 1. The predicted octanol–water partition coefficient (Wildman–Crippen LogP) is 4.05. The first-order valence-electron chi connectivity index (χ1n) is 8.30. The van der Waals surface area contributed by atoms with E-state index in [0.717, 1.165) is 36.2 Å². The fourth-order valence-corrected chi connectivity index (χ4v) is 3.63. The number of hydrogen-bond donors (Lipinski definition) is 1. The standard InChI is InChI=1S/C18H26N2O/c1-13-8-9-14(2)17(11-13)19-15-5-3-6-16(12-15)20-10-4-7-18(20)21/h3,5-6,12-14,17,19H,4,7-11H2,1-2H3. The van der Waals surface area contributed by atoms with Gasteiger partial charge in [0.1, 0.15) is 0 Å². The Morgan fingerprint density at radius 1 is 1.24 bits per heavy atom. The molecule has 3 nitrogen and oxygen atoms in total. The number of benzene rings is 1. The van der Waals surface area contributed by atoms with Crippen LogP contribution in [-0.4, -0.2) is 18.5 Å². The molecular weight excluding hydrogens is 260 g/mol. The summed E-state index contributed by atoms with van der Waals surface area (Å²) in [6, 6.07) is 8.91. The van der Waals surface area contributed by atoms with E-state index >= 15 is 0 Å². The SMILES string of the molecule is CC1CCC(C)C(Nc2cccc(N3CCCC3=O)c2)C1. The molecule has 1 aliphatic carbocycles. The van der Waals surface area contributed by atoms with Crippen molar-refractivity contribution in [1.82, 2.24) is 0 Å². The van der Waals surface area contributed by atoms with E-state index in [2.05, 4.69) is 37.4 Å². The minimum Gasteiger partial charge on any atom is -0.382 e. The van der Waals surface area contributed by atoms with Gasteiger partial charge in [-0.3, -0.25) is 4.79 Å². The molecule has 3 rings (SSSR count). The molecule has 1 saturated carbocycles. The highest BCUT2D eigenvalue weighted by Crippen LogP contribution is 2.32. The van der Waals surface area contributed by atoms with Gasteiger partial charge in [-0.15, -0.1) is 0 Å². The molecule has 1 saturated heterocycles. The lowest BCUT2D eigenvalue weighted by Crippen LogP contribution is -2.33. The van der Waals surface area contributed by atoms with E-state index in [1.807, 2.05) is 11.0 Å². The molecule has 114 valence electrons. The van der Waals surface area contributed by atoms with E-state index < -0.39 is 0 Å². The highest BCUT2D eigenvalue weighted by Gasteiger charge is 2.26. The van der Waals surface area contributed by atoms with Crippen LogP contribution in [0.15, 0.2) is 24.3 Å². The first-order chi connectivity index (χ1) is 10.1. The van der Waals surface area contributed by atoms with Crippen molar-refractivity contribution in [3.8, 4) is 0 Å². The molecular formula is C18H26N2O. The predicted molar refractivity (Wildman–Crippen MR) is 87.6 cm³/mol. The summed E-state index contributed by atoms with van der Waals surface area (Å²) < 4.78 is 0. The molecule has 1 heterocycles. The van der Waals surface area contributed by atoms with Crippen LogP contribution < -0.4 is 10.2 Å². The Morgan fingerprint density at radius 3 is 2.86 bits per heavy atom. The number of carbonyl (C=O) groups is 1. The maximum absolute atomic E-state index is 11.9. The molecule has 3 unspecified atom stereocenters. The molecule has 1 aliphatic heterocycles. The topological polar surface area (TPSA) is 32.3 Å². The molecule has 0 aromatic heterocycles. The molecule has 0 radical (unpaired) electrons. The van der Waals surface area contributed by atoms with E-state index in [-0.39, 0.29) is 5.91 Å². The number of hydrogen-bond acceptors (Lipinski definition) is 2. The van der Waals surface area contributed by atoms with Gasteiger partial charge in [0.15, 0.2) is 0 Å². The second-order valence-corrected chi connectivity index (χ2v) is 6.85. The number of rotatable bonds is 3. The zero-order chi connectivity index (χ0) is 14.8. The first-order valence-corrected chi connectivity index (χ1v) is 8.30. The largest absolute Gasteiger partial charge is 0.382 e. The summed E-state index contributed by atoms with van der Waals surface area (Å²) in [6.07, 6.45) is 5.57. The molecule has 3 atom stereocenters. The lowest BCUT2D eigenvalue weighted by atomic mass is 9.80.